The lowest BCUT2D eigenvalue weighted by molar-refractivity contribution is 0.0743. The normalized spacial score (nSPS) is 10.8. The van der Waals surface area contributed by atoms with Crippen molar-refractivity contribution in [2.24, 2.45) is 0 Å². The highest BCUT2D eigenvalue weighted by atomic mass is 16.7. The summed E-state index contributed by atoms with van der Waals surface area (Å²) in [7, 11) is 2.96. The number of ether oxygens (including phenoxy) is 3. The quantitative estimate of drug-likeness (QED) is 0.600. The van der Waals surface area contributed by atoms with Crippen LogP contribution in [0, 0.1) is 0 Å². The Morgan fingerprint density at radius 2 is 1.65 bits per heavy atom. The molecule has 0 aliphatic heterocycles. The first-order chi connectivity index (χ1) is 12.5. The second-order valence-electron chi connectivity index (χ2n) is 4.92. The van der Waals surface area contributed by atoms with E-state index in [0.717, 1.165) is 0 Å². The molecule has 0 bridgehead atoms. The van der Waals surface area contributed by atoms with Crippen molar-refractivity contribution in [3.05, 3.63) is 59.7 Å². The molecule has 1 atom stereocenters. The minimum atomic E-state index is -1.22. The van der Waals surface area contributed by atoms with Gasteiger partial charge in [0.2, 0.25) is 0 Å². The summed E-state index contributed by atoms with van der Waals surface area (Å²) in [6, 6.07) is 13.8. The van der Waals surface area contributed by atoms with Gasteiger partial charge in [-0.1, -0.05) is 36.4 Å². The van der Waals surface area contributed by atoms with Crippen LogP contribution in [0.2, 0.25) is 0 Å². The Bertz CT molecular complexity index is 713. The van der Waals surface area contributed by atoms with Crippen LogP contribution < -0.4 is 9.47 Å². The molecule has 0 saturated carbocycles. The van der Waals surface area contributed by atoms with Crippen molar-refractivity contribution in [1.29, 1.82) is 0 Å². The Balaban J connectivity index is 0.000000487. The van der Waals surface area contributed by atoms with Crippen LogP contribution in [0.5, 0.6) is 11.5 Å². The molecule has 7 heteroatoms. The molecular formula is C19H22O7. The molecule has 7 nitrogen and oxygen atoms in total. The van der Waals surface area contributed by atoms with Gasteiger partial charge < -0.3 is 24.4 Å². The molecule has 2 aromatic rings. The second kappa shape index (κ2) is 10.7. The van der Waals surface area contributed by atoms with E-state index in [1.807, 2.05) is 6.07 Å². The van der Waals surface area contributed by atoms with Crippen molar-refractivity contribution in [2.45, 2.75) is 13.0 Å². The summed E-state index contributed by atoms with van der Waals surface area (Å²) < 4.78 is 14.3. The molecule has 2 N–H and O–H groups in total. The number of carbonyl (C=O) groups excluding carboxylic acids is 1. The number of carbonyl (C=O) groups is 2. The van der Waals surface area contributed by atoms with Crippen LogP contribution >= 0.6 is 0 Å². The van der Waals surface area contributed by atoms with Crippen LogP contribution in [0.15, 0.2) is 48.5 Å². The van der Waals surface area contributed by atoms with Gasteiger partial charge in [-0.3, -0.25) is 4.79 Å². The molecule has 140 valence electrons. The largest absolute Gasteiger partial charge is 0.505 e. The minimum Gasteiger partial charge on any atom is -0.493 e. The molecule has 0 radical (unpaired) electrons. The lowest BCUT2D eigenvalue weighted by atomic mass is 9.99. The molecular weight excluding hydrogens is 340 g/mol. The van der Waals surface area contributed by atoms with E-state index in [4.69, 9.17) is 14.6 Å². The van der Waals surface area contributed by atoms with E-state index in [1.54, 1.807) is 49.4 Å². The maximum atomic E-state index is 12.4. The van der Waals surface area contributed by atoms with Crippen molar-refractivity contribution in [3.8, 4) is 11.5 Å². The van der Waals surface area contributed by atoms with E-state index in [2.05, 4.69) is 4.74 Å². The number of aliphatic hydroxyl groups is 1. The number of benzene rings is 2. The van der Waals surface area contributed by atoms with E-state index in [-0.39, 0.29) is 6.61 Å². The smallest absolute Gasteiger partial charge is 0.493 e. The summed E-state index contributed by atoms with van der Waals surface area (Å²) >= 11 is 0. The lowest BCUT2D eigenvalue weighted by Gasteiger charge is -2.14. The van der Waals surface area contributed by atoms with Crippen molar-refractivity contribution < 1.29 is 34.0 Å². The highest BCUT2D eigenvalue weighted by Crippen LogP contribution is 2.33. The molecule has 0 spiro atoms. The summed E-state index contributed by atoms with van der Waals surface area (Å²) in [5.41, 5.74) is 0.838. The molecule has 2 rings (SSSR count). The molecule has 0 heterocycles. The monoisotopic (exact) mass is 362 g/mol. The summed E-state index contributed by atoms with van der Waals surface area (Å²) in [5, 5.41) is 17.9. The van der Waals surface area contributed by atoms with Gasteiger partial charge in [0.25, 0.3) is 0 Å². The van der Waals surface area contributed by atoms with E-state index in [9.17, 15) is 14.7 Å². The van der Waals surface area contributed by atoms with Gasteiger partial charge in [0, 0.05) is 0 Å². The molecule has 1 unspecified atom stereocenters. The summed E-state index contributed by atoms with van der Waals surface area (Å²) in [4.78, 5) is 21.8. The van der Waals surface area contributed by atoms with Crippen LogP contribution in [0.3, 0.4) is 0 Å². The Labute approximate surface area is 151 Å². The van der Waals surface area contributed by atoms with E-state index >= 15 is 0 Å². The van der Waals surface area contributed by atoms with Crippen LogP contribution in [-0.4, -0.2) is 43.0 Å². The number of para-hydroxylation sites is 1. The zero-order valence-corrected chi connectivity index (χ0v) is 14.8. The molecule has 2 aromatic carbocycles. The van der Waals surface area contributed by atoms with Gasteiger partial charge in [0.1, 0.15) is 6.10 Å². The molecule has 0 fully saturated rings. The third-order valence-corrected chi connectivity index (χ3v) is 3.30. The summed E-state index contributed by atoms with van der Waals surface area (Å²) in [5.74, 6) is 0.362. The predicted molar refractivity (Wildman–Crippen MR) is 94.9 cm³/mol. The molecule has 0 amide bonds. The fourth-order valence-electron chi connectivity index (χ4n) is 2.14. The molecule has 0 aliphatic carbocycles. The number of rotatable bonds is 6. The number of hydrogen-bond acceptors (Lipinski definition) is 6. The average molecular weight is 362 g/mol. The number of carboxylic acid groups (broad SMARTS) is 1. The number of hydrogen-bond donors (Lipinski definition) is 2. The second-order valence-corrected chi connectivity index (χ2v) is 4.92. The Hall–Kier alpha value is -3.06. The number of ketones is 1. The molecule has 0 aliphatic rings. The third-order valence-electron chi connectivity index (χ3n) is 3.30. The van der Waals surface area contributed by atoms with Crippen LogP contribution in [-0.2, 0) is 4.74 Å². The number of aliphatic hydroxyl groups excluding tert-OH is 1. The standard InChI is InChI=1S/C16H16O4.C3H6O3/c1-19-13-10-6-9-12(16(13)20-2)15(18)14(17)11-7-4-3-5-8-11;1-2-6-3(4)5/h3-10,14,17H,1-2H3;2H2,1H3,(H,4,5). The van der Waals surface area contributed by atoms with Crippen molar-refractivity contribution in [3.63, 3.8) is 0 Å². The maximum absolute atomic E-state index is 12.4. The van der Waals surface area contributed by atoms with Crippen molar-refractivity contribution >= 4 is 11.9 Å². The number of Topliss-reactive ketones (excluding diaryl/α,β-unsaturated/α-hetero) is 1. The van der Waals surface area contributed by atoms with E-state index in [1.165, 1.54) is 14.2 Å². The Morgan fingerprint density at radius 3 is 2.12 bits per heavy atom. The van der Waals surface area contributed by atoms with Crippen LogP contribution in [0.25, 0.3) is 0 Å². The van der Waals surface area contributed by atoms with E-state index < -0.39 is 18.0 Å². The summed E-state index contributed by atoms with van der Waals surface area (Å²) in [6.45, 7) is 1.85. The molecule has 0 saturated heterocycles. The van der Waals surface area contributed by atoms with Crippen molar-refractivity contribution in [1.82, 2.24) is 0 Å². The van der Waals surface area contributed by atoms with Gasteiger partial charge in [0.15, 0.2) is 17.3 Å². The third kappa shape index (κ3) is 5.78. The average Bonchev–Trinajstić information content (AvgIpc) is 2.67. The van der Waals surface area contributed by atoms with Gasteiger partial charge >= 0.3 is 6.16 Å². The highest BCUT2D eigenvalue weighted by molar-refractivity contribution is 6.02. The van der Waals surface area contributed by atoms with Gasteiger partial charge in [-0.2, -0.15) is 0 Å². The predicted octanol–water partition coefficient (Wildman–Crippen LogP) is 3.32. The van der Waals surface area contributed by atoms with Gasteiger partial charge in [0.05, 0.1) is 26.4 Å². The lowest BCUT2D eigenvalue weighted by Crippen LogP contribution is -2.13. The highest BCUT2D eigenvalue weighted by Gasteiger charge is 2.24. The first-order valence-corrected chi connectivity index (χ1v) is 7.80. The van der Waals surface area contributed by atoms with E-state index in [0.29, 0.717) is 22.6 Å². The molecule has 26 heavy (non-hydrogen) atoms. The Morgan fingerprint density at radius 1 is 1.00 bits per heavy atom. The zero-order valence-electron chi connectivity index (χ0n) is 14.8. The van der Waals surface area contributed by atoms with Gasteiger partial charge in [-0.15, -0.1) is 0 Å². The van der Waals surface area contributed by atoms with Gasteiger partial charge in [-0.25, -0.2) is 4.79 Å². The maximum Gasteiger partial charge on any atom is 0.505 e. The topological polar surface area (TPSA) is 102 Å². The van der Waals surface area contributed by atoms with Crippen molar-refractivity contribution in [2.75, 3.05) is 20.8 Å². The van der Waals surface area contributed by atoms with Crippen LogP contribution in [0.4, 0.5) is 4.79 Å². The Kier molecular flexibility index (Phi) is 8.66. The summed E-state index contributed by atoms with van der Waals surface area (Å²) in [6.07, 6.45) is -2.44. The minimum absolute atomic E-state index is 0.231. The fourth-order valence-corrected chi connectivity index (χ4v) is 2.14. The zero-order chi connectivity index (χ0) is 19.5. The fraction of sp³-hybridized carbons (Fsp3) is 0.263. The SMILES string of the molecule is CCOC(=O)O.COc1cccc(C(=O)C(O)c2ccccc2)c1OC. The first kappa shape index (κ1) is 21.0. The van der Waals surface area contributed by atoms with Crippen LogP contribution in [0.1, 0.15) is 28.9 Å². The number of methoxy groups -OCH3 is 2. The van der Waals surface area contributed by atoms with Gasteiger partial charge in [-0.05, 0) is 24.6 Å². The molecule has 0 aromatic heterocycles. The first-order valence-electron chi connectivity index (χ1n) is 7.80.